The predicted molar refractivity (Wildman–Crippen MR) is 84.1 cm³/mol. The molecule has 4 heteroatoms. The van der Waals surface area contributed by atoms with Crippen LogP contribution < -0.4 is 0 Å². The molecule has 0 amide bonds. The van der Waals surface area contributed by atoms with Crippen LogP contribution >= 0.6 is 11.6 Å². The Balaban J connectivity index is 1.77. The van der Waals surface area contributed by atoms with E-state index in [9.17, 15) is 0 Å². The average molecular weight is 290 g/mol. The molecule has 0 unspecified atom stereocenters. The molecule has 0 spiro atoms. The van der Waals surface area contributed by atoms with Crippen LogP contribution in [-0.4, -0.2) is 48.0 Å². The number of nitrogens with zero attached hydrogens (tertiary/aromatic N) is 3. The fourth-order valence-electron chi connectivity index (χ4n) is 2.85. The van der Waals surface area contributed by atoms with Crippen molar-refractivity contribution in [3.05, 3.63) is 41.0 Å². The molecule has 1 aromatic heterocycles. The third-order valence-electron chi connectivity index (χ3n) is 4.09. The largest absolute Gasteiger partial charge is 0.305 e. The molecule has 20 heavy (non-hydrogen) atoms. The van der Waals surface area contributed by atoms with E-state index >= 15 is 0 Å². The van der Waals surface area contributed by atoms with Crippen molar-refractivity contribution >= 4 is 22.5 Å². The highest BCUT2D eigenvalue weighted by atomic mass is 35.5. The van der Waals surface area contributed by atoms with Gasteiger partial charge in [-0.2, -0.15) is 0 Å². The molecule has 2 heterocycles. The summed E-state index contributed by atoms with van der Waals surface area (Å²) in [5.41, 5.74) is 2.01. The van der Waals surface area contributed by atoms with Gasteiger partial charge in [0.05, 0.1) is 16.2 Å². The molecule has 3 nitrogen and oxygen atoms in total. The summed E-state index contributed by atoms with van der Waals surface area (Å²) >= 11 is 6.23. The van der Waals surface area contributed by atoms with Gasteiger partial charge in [0.15, 0.2) is 0 Å². The van der Waals surface area contributed by atoms with E-state index in [2.05, 4.69) is 42.1 Å². The van der Waals surface area contributed by atoms with Crippen LogP contribution in [0.4, 0.5) is 0 Å². The van der Waals surface area contributed by atoms with Gasteiger partial charge in [0.2, 0.25) is 0 Å². The van der Waals surface area contributed by atoms with Crippen molar-refractivity contribution < 1.29 is 0 Å². The van der Waals surface area contributed by atoms with Crippen LogP contribution in [0.3, 0.4) is 0 Å². The van der Waals surface area contributed by atoms with E-state index in [1.54, 1.807) is 0 Å². The van der Waals surface area contributed by atoms with E-state index in [0.717, 1.165) is 41.3 Å². The van der Waals surface area contributed by atoms with Crippen molar-refractivity contribution in [3.63, 3.8) is 0 Å². The first-order valence-corrected chi connectivity index (χ1v) is 7.44. The fourth-order valence-corrected chi connectivity index (χ4v) is 3.07. The second-order valence-electron chi connectivity index (χ2n) is 5.76. The van der Waals surface area contributed by atoms with Crippen molar-refractivity contribution in [1.29, 1.82) is 0 Å². The molecular weight excluding hydrogens is 270 g/mol. The Morgan fingerprint density at radius 1 is 1.30 bits per heavy atom. The zero-order valence-electron chi connectivity index (χ0n) is 12.0. The van der Waals surface area contributed by atoms with E-state index in [1.165, 1.54) is 6.42 Å². The number of likely N-dealkylation sites (N-methyl/N-ethyl adjacent to an activating group) is 1. The van der Waals surface area contributed by atoms with Crippen LogP contribution in [0.2, 0.25) is 5.02 Å². The topological polar surface area (TPSA) is 19.4 Å². The Kier molecular flexibility index (Phi) is 3.92. The summed E-state index contributed by atoms with van der Waals surface area (Å²) in [4.78, 5) is 9.50. The van der Waals surface area contributed by atoms with Crippen molar-refractivity contribution in [3.8, 4) is 0 Å². The number of hydrogen-bond acceptors (Lipinski definition) is 3. The molecule has 0 N–H and O–H groups in total. The Labute approximate surface area is 125 Å². The molecule has 0 radical (unpaired) electrons. The van der Waals surface area contributed by atoms with E-state index in [0.29, 0.717) is 6.04 Å². The number of para-hydroxylation sites is 1. The highest BCUT2D eigenvalue weighted by Crippen LogP contribution is 2.22. The van der Waals surface area contributed by atoms with E-state index in [1.807, 2.05) is 12.1 Å². The smallest absolute Gasteiger partial charge is 0.0891 e. The molecule has 0 aliphatic carbocycles. The van der Waals surface area contributed by atoms with Gasteiger partial charge < -0.3 is 4.90 Å². The number of aromatic nitrogens is 1. The van der Waals surface area contributed by atoms with Crippen LogP contribution in [0.5, 0.6) is 0 Å². The van der Waals surface area contributed by atoms with E-state index < -0.39 is 0 Å². The van der Waals surface area contributed by atoms with Gasteiger partial charge >= 0.3 is 0 Å². The second kappa shape index (κ2) is 5.68. The summed E-state index contributed by atoms with van der Waals surface area (Å²) in [6.45, 7) is 3.17. The normalized spacial score (nSPS) is 20.1. The molecule has 1 aliphatic rings. The second-order valence-corrected chi connectivity index (χ2v) is 6.16. The molecule has 1 fully saturated rings. The number of benzene rings is 1. The Morgan fingerprint density at radius 2 is 2.15 bits per heavy atom. The number of hydrogen-bond donors (Lipinski definition) is 0. The van der Waals surface area contributed by atoms with Crippen molar-refractivity contribution in [2.75, 3.05) is 27.2 Å². The van der Waals surface area contributed by atoms with Crippen molar-refractivity contribution in [2.45, 2.75) is 19.0 Å². The lowest BCUT2D eigenvalue weighted by Gasteiger charge is -2.20. The van der Waals surface area contributed by atoms with E-state index in [-0.39, 0.29) is 0 Å². The zero-order valence-corrected chi connectivity index (χ0v) is 12.8. The van der Waals surface area contributed by atoms with Gasteiger partial charge in [0.1, 0.15) is 0 Å². The maximum Gasteiger partial charge on any atom is 0.0891 e. The molecule has 0 bridgehead atoms. The molecule has 3 rings (SSSR count). The van der Waals surface area contributed by atoms with Crippen molar-refractivity contribution in [2.24, 2.45) is 0 Å². The van der Waals surface area contributed by atoms with Gasteiger partial charge in [-0.1, -0.05) is 29.8 Å². The Morgan fingerprint density at radius 3 is 2.90 bits per heavy atom. The highest BCUT2D eigenvalue weighted by molar-refractivity contribution is 6.35. The lowest BCUT2D eigenvalue weighted by atomic mass is 10.2. The average Bonchev–Trinajstić information content (AvgIpc) is 2.88. The monoisotopic (exact) mass is 289 g/mol. The maximum absolute atomic E-state index is 6.23. The third-order valence-corrected chi connectivity index (χ3v) is 4.40. The number of likely N-dealkylation sites (tertiary alicyclic amines) is 1. The number of fused-ring (bicyclic) bond motifs is 1. The first kappa shape index (κ1) is 13.8. The predicted octanol–water partition coefficient (Wildman–Crippen LogP) is 3.02. The number of rotatable bonds is 3. The van der Waals surface area contributed by atoms with Crippen LogP contribution in [-0.2, 0) is 6.54 Å². The summed E-state index contributed by atoms with van der Waals surface area (Å²) in [5, 5.41) is 1.84. The molecule has 0 saturated carbocycles. The summed E-state index contributed by atoms with van der Waals surface area (Å²) in [5.74, 6) is 0. The summed E-state index contributed by atoms with van der Waals surface area (Å²) in [7, 11) is 4.31. The Bertz CT molecular complexity index is 612. The van der Waals surface area contributed by atoms with Gasteiger partial charge in [0.25, 0.3) is 0 Å². The first-order valence-electron chi connectivity index (χ1n) is 7.06. The zero-order chi connectivity index (χ0) is 14.1. The fraction of sp³-hybridized carbons (Fsp3) is 0.438. The lowest BCUT2D eigenvalue weighted by molar-refractivity contribution is 0.263. The quantitative estimate of drug-likeness (QED) is 0.866. The molecule has 1 aliphatic heterocycles. The molecule has 1 aromatic carbocycles. The van der Waals surface area contributed by atoms with Crippen LogP contribution in [0.25, 0.3) is 10.9 Å². The maximum atomic E-state index is 6.23. The Hall–Kier alpha value is -1.16. The van der Waals surface area contributed by atoms with Gasteiger partial charge in [-0.05, 0) is 32.6 Å². The minimum absolute atomic E-state index is 0.666. The van der Waals surface area contributed by atoms with E-state index in [4.69, 9.17) is 16.6 Å². The number of halogens is 1. The highest BCUT2D eigenvalue weighted by Gasteiger charge is 2.24. The molecule has 2 aromatic rings. The lowest BCUT2D eigenvalue weighted by Crippen LogP contribution is -2.31. The van der Waals surface area contributed by atoms with Gasteiger partial charge in [0, 0.05) is 31.1 Å². The van der Waals surface area contributed by atoms with Crippen LogP contribution in [0.15, 0.2) is 30.3 Å². The third kappa shape index (κ3) is 2.80. The van der Waals surface area contributed by atoms with Gasteiger partial charge in [-0.3, -0.25) is 4.90 Å². The molecule has 106 valence electrons. The van der Waals surface area contributed by atoms with Crippen LogP contribution in [0.1, 0.15) is 12.1 Å². The molecule has 1 atom stereocenters. The standard InChI is InChI=1S/C16H20ClN3/c1-19(2)14-8-9-20(11-14)10-13-7-6-12-4-3-5-15(17)16(12)18-13/h3-7,14H,8-11H2,1-2H3/t14-/m0/s1. The van der Waals surface area contributed by atoms with Crippen LogP contribution in [0, 0.1) is 0 Å². The van der Waals surface area contributed by atoms with Gasteiger partial charge in [-0.15, -0.1) is 0 Å². The minimum Gasteiger partial charge on any atom is -0.305 e. The number of pyridine rings is 1. The molecular formula is C16H20ClN3. The minimum atomic E-state index is 0.666. The SMILES string of the molecule is CN(C)[C@H]1CCN(Cc2ccc3cccc(Cl)c3n2)C1. The summed E-state index contributed by atoms with van der Waals surface area (Å²) in [6.07, 6.45) is 1.24. The summed E-state index contributed by atoms with van der Waals surface area (Å²) < 4.78 is 0. The summed E-state index contributed by atoms with van der Waals surface area (Å²) in [6, 6.07) is 10.8. The molecule has 1 saturated heterocycles. The first-order chi connectivity index (χ1) is 9.63. The van der Waals surface area contributed by atoms with Crippen molar-refractivity contribution in [1.82, 2.24) is 14.8 Å². The van der Waals surface area contributed by atoms with Gasteiger partial charge in [-0.25, -0.2) is 4.98 Å².